The predicted molar refractivity (Wildman–Crippen MR) is 122 cm³/mol. The van der Waals surface area contributed by atoms with Crippen molar-refractivity contribution in [2.75, 3.05) is 18.0 Å². The number of hydrogen-bond donors (Lipinski definition) is 0. The lowest BCUT2D eigenvalue weighted by Gasteiger charge is -2.50. The minimum atomic E-state index is -0.221. The van der Waals surface area contributed by atoms with Crippen LogP contribution in [0.15, 0.2) is 61.1 Å². The Morgan fingerprint density at radius 2 is 1.72 bits per heavy atom. The fraction of sp³-hybridized carbons (Fsp3) is 0.308. The van der Waals surface area contributed by atoms with Crippen LogP contribution in [0.25, 0.3) is 28.3 Å². The molecule has 2 aromatic carbocycles. The molecule has 4 aromatic rings. The summed E-state index contributed by atoms with van der Waals surface area (Å²) in [6, 6.07) is 15.6. The summed E-state index contributed by atoms with van der Waals surface area (Å²) >= 11 is 0. The Hall–Kier alpha value is -3.41. The molecule has 0 bridgehead atoms. The Bertz CT molecular complexity index is 1320. The topological polar surface area (TPSA) is 38.9 Å². The lowest BCUT2D eigenvalue weighted by Crippen LogP contribution is -2.55. The van der Waals surface area contributed by atoms with E-state index in [1.807, 2.05) is 12.1 Å². The first kappa shape index (κ1) is 18.2. The van der Waals surface area contributed by atoms with Crippen LogP contribution in [-0.2, 0) is 6.54 Å². The molecular formula is C26H24FN5. The van der Waals surface area contributed by atoms with Crippen LogP contribution in [0.4, 0.5) is 10.1 Å². The van der Waals surface area contributed by atoms with Crippen molar-refractivity contribution in [1.29, 1.82) is 0 Å². The summed E-state index contributed by atoms with van der Waals surface area (Å²) in [6.45, 7) is 3.14. The van der Waals surface area contributed by atoms with E-state index in [0.717, 1.165) is 34.9 Å². The van der Waals surface area contributed by atoms with Gasteiger partial charge in [-0.15, -0.1) is 10.2 Å². The smallest absolute Gasteiger partial charge is 0.185 e. The number of aromatic nitrogens is 4. The van der Waals surface area contributed by atoms with E-state index in [2.05, 4.69) is 54.7 Å². The highest BCUT2D eigenvalue weighted by Gasteiger charge is 2.44. The highest BCUT2D eigenvalue weighted by Crippen LogP contribution is 2.47. The van der Waals surface area contributed by atoms with Crippen molar-refractivity contribution in [2.45, 2.75) is 32.2 Å². The van der Waals surface area contributed by atoms with Crippen molar-refractivity contribution >= 4 is 5.69 Å². The molecule has 2 aromatic heterocycles. The number of anilines is 1. The molecule has 6 heteroatoms. The van der Waals surface area contributed by atoms with Gasteiger partial charge in [-0.05, 0) is 60.4 Å². The Labute approximate surface area is 186 Å². The van der Waals surface area contributed by atoms with Gasteiger partial charge in [0.25, 0.3) is 0 Å². The first-order valence-corrected chi connectivity index (χ1v) is 11.4. The summed E-state index contributed by atoms with van der Waals surface area (Å²) < 4.78 is 17.7. The van der Waals surface area contributed by atoms with Gasteiger partial charge in [-0.1, -0.05) is 25.0 Å². The van der Waals surface area contributed by atoms with E-state index in [1.54, 1.807) is 6.33 Å². The van der Waals surface area contributed by atoms with E-state index in [1.165, 1.54) is 62.2 Å². The summed E-state index contributed by atoms with van der Waals surface area (Å²) in [7, 11) is 0. The summed E-state index contributed by atoms with van der Waals surface area (Å²) in [5.41, 5.74) is 7.35. The summed E-state index contributed by atoms with van der Waals surface area (Å²) in [4.78, 5) is 2.53. The quantitative estimate of drug-likeness (QED) is 0.386. The lowest BCUT2D eigenvalue weighted by molar-refractivity contribution is 0.222. The molecule has 1 saturated carbocycles. The Morgan fingerprint density at radius 3 is 2.53 bits per heavy atom. The maximum absolute atomic E-state index is 13.4. The minimum absolute atomic E-state index is 0.221. The molecule has 0 unspecified atom stereocenters. The highest BCUT2D eigenvalue weighted by atomic mass is 19.1. The average molecular weight is 426 g/mol. The first-order valence-electron chi connectivity index (χ1n) is 11.4. The van der Waals surface area contributed by atoms with Crippen LogP contribution >= 0.6 is 0 Å². The lowest BCUT2D eigenvalue weighted by atomic mass is 9.78. The first-order chi connectivity index (χ1) is 15.7. The number of halogens is 1. The van der Waals surface area contributed by atoms with E-state index in [0.29, 0.717) is 5.41 Å². The third-order valence-electron chi connectivity index (χ3n) is 7.60. The molecule has 7 rings (SSSR count). The van der Waals surface area contributed by atoms with Gasteiger partial charge in [-0.3, -0.25) is 4.57 Å². The number of rotatable bonds is 2. The van der Waals surface area contributed by atoms with Gasteiger partial charge in [0.2, 0.25) is 0 Å². The van der Waals surface area contributed by atoms with Gasteiger partial charge in [0.15, 0.2) is 5.82 Å². The second-order valence-corrected chi connectivity index (χ2v) is 9.65. The molecule has 0 radical (unpaired) electrons. The molecule has 1 aliphatic carbocycles. The van der Waals surface area contributed by atoms with E-state index < -0.39 is 0 Å². The van der Waals surface area contributed by atoms with Gasteiger partial charge in [-0.2, -0.15) is 0 Å². The number of benzene rings is 2. The molecule has 1 saturated heterocycles. The molecule has 1 spiro atoms. The number of nitrogens with zero attached hydrogens (tertiary/aromatic N) is 5. The zero-order chi connectivity index (χ0) is 21.3. The van der Waals surface area contributed by atoms with Crippen LogP contribution in [0, 0.1) is 11.2 Å². The monoisotopic (exact) mass is 425 g/mol. The second kappa shape index (κ2) is 6.55. The number of fused-ring (bicyclic) bond motifs is 5. The molecular weight excluding hydrogens is 401 g/mol. The van der Waals surface area contributed by atoms with Crippen molar-refractivity contribution in [1.82, 2.24) is 19.3 Å². The SMILES string of the molecule is Fc1ccc(-c2cc3n(c2)Cc2cc(N4CC5(CCCC5)C4)ccc2-n2cnnc2-3)cc1. The van der Waals surface area contributed by atoms with Crippen LogP contribution in [0.1, 0.15) is 31.2 Å². The van der Waals surface area contributed by atoms with Gasteiger partial charge >= 0.3 is 0 Å². The minimum Gasteiger partial charge on any atom is -0.370 e. The Kier molecular flexibility index (Phi) is 3.72. The fourth-order valence-corrected chi connectivity index (χ4v) is 5.92. The third kappa shape index (κ3) is 2.68. The zero-order valence-electron chi connectivity index (χ0n) is 17.8. The van der Waals surface area contributed by atoms with Gasteiger partial charge in [0.1, 0.15) is 12.1 Å². The highest BCUT2D eigenvalue weighted by molar-refractivity contribution is 5.72. The molecule has 0 atom stereocenters. The van der Waals surface area contributed by atoms with Crippen molar-refractivity contribution < 1.29 is 4.39 Å². The molecule has 3 aliphatic rings. The van der Waals surface area contributed by atoms with Crippen LogP contribution in [0.2, 0.25) is 0 Å². The standard InChI is InChI=1S/C26H24FN5/c27-21-5-3-18(4-6-21)19-12-24-25-29-28-17-32(25)23-8-7-22(11-20(23)14-30(24)13-19)31-15-26(16-31)9-1-2-10-26/h3-8,11-13,17H,1-2,9-10,14-16H2. The molecule has 0 N–H and O–H groups in total. The van der Waals surface area contributed by atoms with Gasteiger partial charge in [-0.25, -0.2) is 4.39 Å². The van der Waals surface area contributed by atoms with E-state index in [-0.39, 0.29) is 5.82 Å². The molecule has 2 fully saturated rings. The summed E-state index contributed by atoms with van der Waals surface area (Å²) in [6.07, 6.45) is 9.49. The van der Waals surface area contributed by atoms with Crippen LogP contribution < -0.4 is 4.90 Å². The van der Waals surface area contributed by atoms with Crippen molar-refractivity contribution in [3.05, 3.63) is 72.4 Å². The molecule has 32 heavy (non-hydrogen) atoms. The number of hydrogen-bond acceptors (Lipinski definition) is 3. The van der Waals surface area contributed by atoms with Crippen molar-refractivity contribution in [3.8, 4) is 28.3 Å². The zero-order valence-corrected chi connectivity index (χ0v) is 17.8. The summed E-state index contributed by atoms with van der Waals surface area (Å²) in [5, 5.41) is 8.64. The van der Waals surface area contributed by atoms with Crippen LogP contribution in [0.3, 0.4) is 0 Å². The van der Waals surface area contributed by atoms with E-state index in [4.69, 9.17) is 0 Å². The third-order valence-corrected chi connectivity index (χ3v) is 7.60. The maximum Gasteiger partial charge on any atom is 0.185 e. The van der Waals surface area contributed by atoms with Crippen molar-refractivity contribution in [3.63, 3.8) is 0 Å². The van der Waals surface area contributed by atoms with Gasteiger partial charge < -0.3 is 9.47 Å². The Balaban J connectivity index is 1.28. The fourth-order valence-electron chi connectivity index (χ4n) is 5.92. The van der Waals surface area contributed by atoms with Crippen molar-refractivity contribution in [2.24, 2.45) is 5.41 Å². The van der Waals surface area contributed by atoms with Gasteiger partial charge in [0.05, 0.1) is 11.4 Å². The molecule has 0 amide bonds. The Morgan fingerprint density at radius 1 is 0.906 bits per heavy atom. The predicted octanol–water partition coefficient (Wildman–Crippen LogP) is 5.28. The largest absolute Gasteiger partial charge is 0.370 e. The van der Waals surface area contributed by atoms with Gasteiger partial charge in [0, 0.05) is 42.5 Å². The molecule has 2 aliphatic heterocycles. The molecule has 5 nitrogen and oxygen atoms in total. The van der Waals surface area contributed by atoms with E-state index >= 15 is 0 Å². The van der Waals surface area contributed by atoms with Crippen LogP contribution in [-0.4, -0.2) is 32.4 Å². The maximum atomic E-state index is 13.4. The second-order valence-electron chi connectivity index (χ2n) is 9.65. The molecule has 4 heterocycles. The molecule has 160 valence electrons. The summed E-state index contributed by atoms with van der Waals surface area (Å²) in [5.74, 6) is 0.611. The van der Waals surface area contributed by atoms with Crippen LogP contribution in [0.5, 0.6) is 0 Å². The normalized spacial score (nSPS) is 18.1. The van der Waals surface area contributed by atoms with E-state index in [9.17, 15) is 4.39 Å². The average Bonchev–Trinajstić information content (AvgIpc) is 3.52.